The van der Waals surface area contributed by atoms with Crippen LogP contribution in [-0.2, 0) is 0 Å². The second-order valence-electron chi connectivity index (χ2n) is 6.30. The van der Waals surface area contributed by atoms with Crippen LogP contribution in [0.5, 0.6) is 0 Å². The van der Waals surface area contributed by atoms with Crippen LogP contribution in [0, 0.1) is 4.91 Å². The van der Waals surface area contributed by atoms with Gasteiger partial charge < -0.3 is 5.21 Å². The van der Waals surface area contributed by atoms with Crippen LogP contribution in [0.2, 0.25) is 0 Å². The Morgan fingerprint density at radius 2 is 0.621 bits per heavy atom. The van der Waals surface area contributed by atoms with Gasteiger partial charge in [-0.2, -0.15) is 0 Å². The molecule has 0 aliphatic rings. The van der Waals surface area contributed by atoms with Crippen molar-refractivity contribution in [1.29, 1.82) is 0 Å². The number of rotatable bonds is 4. The summed E-state index contributed by atoms with van der Waals surface area (Å²) in [6.07, 6.45) is 0. The molecule has 142 valence electrons. The zero-order valence-corrected chi connectivity index (χ0v) is 15.8. The fourth-order valence-electron chi connectivity index (χ4n) is 3.33. The Bertz CT molecular complexity index is 877. The molecule has 4 rings (SSSR count). The molecule has 0 radical (unpaired) electrons. The molecule has 0 aromatic heterocycles. The average Bonchev–Trinajstić information content (AvgIpc) is 2.80. The normalized spacial score (nSPS) is 9.66. The summed E-state index contributed by atoms with van der Waals surface area (Å²) in [5, 5.41) is 7.89. The number of benzene rings is 4. The van der Waals surface area contributed by atoms with Gasteiger partial charge in [0.15, 0.2) is 5.34 Å². The van der Waals surface area contributed by atoms with Crippen molar-refractivity contribution in [1.82, 2.24) is 0 Å². The first kappa shape index (κ1) is 19.8. The van der Waals surface area contributed by atoms with Gasteiger partial charge in [-0.3, -0.25) is 0 Å². The quantitative estimate of drug-likeness (QED) is 0.240. The molecule has 0 atom stereocenters. The Balaban J connectivity index is 0.000000755. The van der Waals surface area contributed by atoms with E-state index in [9.17, 15) is 0 Å². The molecule has 0 amide bonds. The van der Waals surface area contributed by atoms with Crippen LogP contribution in [0.4, 0.5) is 0 Å². The SMILES string of the molecule is O=NO.c1ccc(C(=C(c2ccccc2)c2ccccc2)c2ccccc2)cc1. The van der Waals surface area contributed by atoms with Crippen LogP contribution in [0.25, 0.3) is 11.1 Å². The maximum Gasteiger partial charge on any atom is 0.152 e. The van der Waals surface area contributed by atoms with Gasteiger partial charge in [-0.15, -0.1) is 4.91 Å². The molecular weight excluding hydrogens is 358 g/mol. The van der Waals surface area contributed by atoms with Gasteiger partial charge in [0.25, 0.3) is 0 Å². The Hall–Kier alpha value is -3.98. The molecule has 0 heterocycles. The van der Waals surface area contributed by atoms with Crippen LogP contribution in [0.1, 0.15) is 22.3 Å². The second kappa shape index (κ2) is 10.4. The summed E-state index contributed by atoms with van der Waals surface area (Å²) in [5.74, 6) is 0. The van der Waals surface area contributed by atoms with Crippen molar-refractivity contribution in [2.24, 2.45) is 5.34 Å². The Labute approximate surface area is 170 Å². The predicted octanol–water partition coefficient (Wildman–Crippen LogP) is 6.84. The molecule has 0 saturated heterocycles. The molecule has 1 N–H and O–H groups in total. The summed E-state index contributed by atoms with van der Waals surface area (Å²) in [4.78, 5) is 8.11. The molecule has 0 aliphatic carbocycles. The number of nitrogens with zero attached hydrogens (tertiary/aromatic N) is 1. The smallest absolute Gasteiger partial charge is 0.152 e. The van der Waals surface area contributed by atoms with Crippen LogP contribution < -0.4 is 0 Å². The van der Waals surface area contributed by atoms with Crippen molar-refractivity contribution < 1.29 is 5.21 Å². The molecule has 3 nitrogen and oxygen atoms in total. The van der Waals surface area contributed by atoms with Crippen LogP contribution >= 0.6 is 0 Å². The molecule has 29 heavy (non-hydrogen) atoms. The highest BCUT2D eigenvalue weighted by atomic mass is 16.6. The predicted molar refractivity (Wildman–Crippen MR) is 118 cm³/mol. The lowest BCUT2D eigenvalue weighted by molar-refractivity contribution is 0.312. The third-order valence-corrected chi connectivity index (χ3v) is 4.50. The van der Waals surface area contributed by atoms with Gasteiger partial charge in [0.1, 0.15) is 0 Å². The Morgan fingerprint density at radius 3 is 0.793 bits per heavy atom. The first-order valence-electron chi connectivity index (χ1n) is 9.28. The summed E-state index contributed by atoms with van der Waals surface area (Å²) < 4.78 is 0. The molecule has 0 spiro atoms. The molecule has 4 aromatic carbocycles. The minimum atomic E-state index is 1.22. The van der Waals surface area contributed by atoms with Gasteiger partial charge in [0.2, 0.25) is 0 Å². The van der Waals surface area contributed by atoms with Crippen molar-refractivity contribution in [3.05, 3.63) is 148 Å². The van der Waals surface area contributed by atoms with E-state index in [1.54, 1.807) is 0 Å². The van der Waals surface area contributed by atoms with Gasteiger partial charge in [-0.1, -0.05) is 121 Å². The standard InChI is InChI=1S/C26H20.HNO2/c1-5-13-21(14-6-1)25(22-15-7-2-8-16-22)26(23-17-9-3-10-18-23)24-19-11-4-12-20-24;2-1-3/h1-20H;(H,2,3). The highest BCUT2D eigenvalue weighted by molar-refractivity contribution is 6.04. The molecule has 0 saturated carbocycles. The minimum Gasteiger partial charge on any atom is -0.379 e. The summed E-state index contributed by atoms with van der Waals surface area (Å²) in [6.45, 7) is 0. The summed E-state index contributed by atoms with van der Waals surface area (Å²) in [7, 11) is 0. The summed E-state index contributed by atoms with van der Waals surface area (Å²) >= 11 is 0. The molecule has 0 fully saturated rings. The van der Waals surface area contributed by atoms with E-state index in [2.05, 4.69) is 121 Å². The van der Waals surface area contributed by atoms with Crippen molar-refractivity contribution in [3.8, 4) is 0 Å². The van der Waals surface area contributed by atoms with Crippen LogP contribution in [0.15, 0.2) is 127 Å². The van der Waals surface area contributed by atoms with Gasteiger partial charge >= 0.3 is 0 Å². The summed E-state index contributed by atoms with van der Waals surface area (Å²) in [5.41, 5.74) is 7.40. The maximum absolute atomic E-state index is 8.11. The van der Waals surface area contributed by atoms with Gasteiger partial charge in [0, 0.05) is 0 Å². The van der Waals surface area contributed by atoms with Crippen molar-refractivity contribution in [3.63, 3.8) is 0 Å². The Morgan fingerprint density at radius 1 is 0.448 bits per heavy atom. The average molecular weight is 379 g/mol. The largest absolute Gasteiger partial charge is 0.379 e. The van der Waals surface area contributed by atoms with E-state index in [0.717, 1.165) is 0 Å². The monoisotopic (exact) mass is 379 g/mol. The molecular formula is C26H21NO2. The molecule has 3 heteroatoms. The molecule has 0 unspecified atom stereocenters. The highest BCUT2D eigenvalue weighted by Crippen LogP contribution is 2.36. The lowest BCUT2D eigenvalue weighted by Crippen LogP contribution is -1.97. The van der Waals surface area contributed by atoms with E-state index < -0.39 is 0 Å². The van der Waals surface area contributed by atoms with Gasteiger partial charge in [-0.25, -0.2) is 0 Å². The number of hydrogen-bond donors (Lipinski definition) is 1. The maximum atomic E-state index is 8.11. The zero-order chi connectivity index (χ0) is 20.3. The minimum absolute atomic E-state index is 1.22. The fraction of sp³-hybridized carbons (Fsp3) is 0. The highest BCUT2D eigenvalue weighted by Gasteiger charge is 2.15. The van der Waals surface area contributed by atoms with Crippen LogP contribution in [-0.4, -0.2) is 5.21 Å². The molecule has 0 bridgehead atoms. The van der Waals surface area contributed by atoms with E-state index in [4.69, 9.17) is 10.1 Å². The van der Waals surface area contributed by atoms with Gasteiger partial charge in [-0.05, 0) is 33.4 Å². The van der Waals surface area contributed by atoms with E-state index in [1.165, 1.54) is 38.7 Å². The van der Waals surface area contributed by atoms with Crippen molar-refractivity contribution in [2.45, 2.75) is 0 Å². The molecule has 4 aromatic rings. The Kier molecular flexibility index (Phi) is 7.08. The van der Waals surface area contributed by atoms with E-state index in [0.29, 0.717) is 0 Å². The zero-order valence-electron chi connectivity index (χ0n) is 15.8. The fourth-order valence-corrected chi connectivity index (χ4v) is 3.33. The van der Waals surface area contributed by atoms with E-state index in [1.807, 2.05) is 0 Å². The van der Waals surface area contributed by atoms with Crippen molar-refractivity contribution >= 4 is 11.1 Å². The van der Waals surface area contributed by atoms with E-state index in [-0.39, 0.29) is 0 Å². The van der Waals surface area contributed by atoms with E-state index >= 15 is 0 Å². The first-order valence-corrected chi connectivity index (χ1v) is 9.28. The van der Waals surface area contributed by atoms with Crippen molar-refractivity contribution in [2.75, 3.05) is 0 Å². The third-order valence-electron chi connectivity index (χ3n) is 4.50. The second-order valence-corrected chi connectivity index (χ2v) is 6.30. The molecule has 0 aliphatic heterocycles. The lowest BCUT2D eigenvalue weighted by atomic mass is 9.86. The third kappa shape index (κ3) is 5.05. The van der Waals surface area contributed by atoms with Crippen LogP contribution in [0.3, 0.4) is 0 Å². The first-order chi connectivity index (χ1) is 14.3. The number of hydrogen-bond acceptors (Lipinski definition) is 2. The topological polar surface area (TPSA) is 49.7 Å². The summed E-state index contributed by atoms with van der Waals surface area (Å²) in [6, 6.07) is 42.6. The van der Waals surface area contributed by atoms with Gasteiger partial charge in [0.05, 0.1) is 0 Å². The lowest BCUT2D eigenvalue weighted by Gasteiger charge is -2.18.